The van der Waals surface area contributed by atoms with Crippen LogP contribution in [-0.2, 0) is 51.6 Å². The van der Waals surface area contributed by atoms with Gasteiger partial charge in [0.1, 0.15) is 11.6 Å². The van der Waals surface area contributed by atoms with Crippen LogP contribution in [0.5, 0.6) is 0 Å². The zero-order chi connectivity index (χ0) is 28.1. The second kappa shape index (κ2) is 16.0. The van der Waals surface area contributed by atoms with Gasteiger partial charge in [-0.05, 0) is 6.92 Å². The molecule has 0 aromatic rings. The van der Waals surface area contributed by atoms with E-state index >= 15 is 0 Å². The number of thioether (sulfide) groups is 1. The molecule has 1 rings (SSSR count). The molecule has 2 atom stereocenters. The fourth-order valence-electron chi connectivity index (χ4n) is 3.01. The summed E-state index contributed by atoms with van der Waals surface area (Å²) in [5, 5.41) is 4.74. The summed E-state index contributed by atoms with van der Waals surface area (Å²) in [7, 11) is -2.63. The van der Waals surface area contributed by atoms with Gasteiger partial charge in [-0.3, -0.25) is 42.3 Å². The van der Waals surface area contributed by atoms with E-state index in [4.69, 9.17) is 13.6 Å². The average Bonchev–Trinajstić information content (AvgIpc) is 2.82. The molecule has 0 bridgehead atoms. The summed E-state index contributed by atoms with van der Waals surface area (Å²) in [5.74, 6) is -2.23. The van der Waals surface area contributed by atoms with Gasteiger partial charge in [0.05, 0.1) is 39.6 Å². The molecule has 15 heteroatoms. The van der Waals surface area contributed by atoms with Gasteiger partial charge in [0.2, 0.25) is 11.8 Å². The molecule has 13 nitrogen and oxygen atoms in total. The SMILES string of the molecule is CCOP1(=O)OCC(C)(C)[C@H](C(=O)NCCC(=O)NCCSC(=O)CC(=O)CC(=O)CCC(=O)OC)O1. The van der Waals surface area contributed by atoms with Crippen molar-refractivity contribution in [3.63, 3.8) is 0 Å². The minimum absolute atomic E-state index is 0.00343. The Kier molecular flexibility index (Phi) is 14.2. The lowest BCUT2D eigenvalue weighted by atomic mass is 9.87. The summed E-state index contributed by atoms with van der Waals surface area (Å²) in [6, 6.07) is 0. The Labute approximate surface area is 220 Å². The van der Waals surface area contributed by atoms with Gasteiger partial charge in [0.25, 0.3) is 0 Å². The summed E-state index contributed by atoms with van der Waals surface area (Å²) in [4.78, 5) is 70.9. The first-order valence-electron chi connectivity index (χ1n) is 11.7. The lowest BCUT2D eigenvalue weighted by Crippen LogP contribution is -2.50. The Morgan fingerprint density at radius 3 is 2.35 bits per heavy atom. The predicted molar refractivity (Wildman–Crippen MR) is 132 cm³/mol. The molecule has 0 aliphatic carbocycles. The molecule has 0 saturated carbocycles. The van der Waals surface area contributed by atoms with Crippen LogP contribution in [0.3, 0.4) is 0 Å². The van der Waals surface area contributed by atoms with Crippen molar-refractivity contribution in [1.82, 2.24) is 10.6 Å². The quantitative estimate of drug-likeness (QED) is 0.119. The number of ketones is 2. The molecule has 210 valence electrons. The van der Waals surface area contributed by atoms with Crippen LogP contribution in [0.25, 0.3) is 0 Å². The number of nitrogens with one attached hydrogen (secondary N) is 2. The van der Waals surface area contributed by atoms with Crippen LogP contribution in [0.1, 0.15) is 52.9 Å². The number of ether oxygens (including phenoxy) is 1. The van der Waals surface area contributed by atoms with E-state index in [9.17, 15) is 33.3 Å². The highest BCUT2D eigenvalue weighted by Gasteiger charge is 2.48. The minimum Gasteiger partial charge on any atom is -0.469 e. The van der Waals surface area contributed by atoms with Crippen molar-refractivity contribution in [2.75, 3.05) is 39.2 Å². The van der Waals surface area contributed by atoms with E-state index < -0.39 is 60.7 Å². The van der Waals surface area contributed by atoms with Crippen LogP contribution in [0.2, 0.25) is 0 Å². The normalized spacial score (nSPS) is 20.5. The summed E-state index contributed by atoms with van der Waals surface area (Å²) >= 11 is 0.850. The van der Waals surface area contributed by atoms with E-state index in [2.05, 4.69) is 15.4 Å². The van der Waals surface area contributed by atoms with Gasteiger partial charge in [-0.15, -0.1) is 0 Å². The molecule has 0 spiro atoms. The lowest BCUT2D eigenvalue weighted by Gasteiger charge is -2.39. The molecule has 37 heavy (non-hydrogen) atoms. The first-order chi connectivity index (χ1) is 17.3. The fourth-order valence-corrected chi connectivity index (χ4v) is 5.35. The molecule has 1 fully saturated rings. The number of phosphoric ester groups is 1. The molecule has 0 radical (unpaired) electrons. The highest BCUT2D eigenvalue weighted by atomic mass is 32.2. The van der Waals surface area contributed by atoms with Crippen molar-refractivity contribution in [3.8, 4) is 0 Å². The van der Waals surface area contributed by atoms with Crippen molar-refractivity contribution >= 4 is 54.1 Å². The number of Topliss-reactive ketones (excluding diaryl/α,β-unsaturated/α-hetero) is 2. The van der Waals surface area contributed by atoms with Crippen molar-refractivity contribution in [1.29, 1.82) is 0 Å². The zero-order valence-electron chi connectivity index (χ0n) is 21.5. The van der Waals surface area contributed by atoms with E-state index in [-0.39, 0.29) is 57.2 Å². The monoisotopic (exact) mass is 566 g/mol. The molecule has 1 aliphatic heterocycles. The average molecular weight is 567 g/mol. The predicted octanol–water partition coefficient (Wildman–Crippen LogP) is 1.33. The molecular weight excluding hydrogens is 531 g/mol. The summed E-state index contributed by atoms with van der Waals surface area (Å²) in [6.07, 6.45) is -2.22. The number of phosphoric acid groups is 1. The van der Waals surface area contributed by atoms with Crippen LogP contribution in [0.4, 0.5) is 0 Å². The van der Waals surface area contributed by atoms with Crippen molar-refractivity contribution in [3.05, 3.63) is 0 Å². The molecule has 2 amide bonds. The Bertz CT molecular complexity index is 909. The van der Waals surface area contributed by atoms with E-state index in [1.54, 1.807) is 20.8 Å². The highest BCUT2D eigenvalue weighted by molar-refractivity contribution is 8.13. The highest BCUT2D eigenvalue weighted by Crippen LogP contribution is 2.57. The van der Waals surface area contributed by atoms with Crippen LogP contribution in [0, 0.1) is 5.41 Å². The van der Waals surface area contributed by atoms with E-state index in [1.807, 2.05) is 0 Å². The van der Waals surface area contributed by atoms with Gasteiger partial charge < -0.3 is 15.4 Å². The maximum Gasteiger partial charge on any atom is 0.475 e. The Morgan fingerprint density at radius 2 is 1.70 bits per heavy atom. The van der Waals surface area contributed by atoms with E-state index in [1.165, 1.54) is 7.11 Å². The molecule has 1 unspecified atom stereocenters. The number of amides is 2. The second-order valence-corrected chi connectivity index (χ2v) is 11.5. The Balaban J connectivity index is 2.25. The fraction of sp³-hybridized carbons (Fsp3) is 0.727. The van der Waals surface area contributed by atoms with Crippen molar-refractivity contribution in [2.24, 2.45) is 5.41 Å². The van der Waals surface area contributed by atoms with Crippen LogP contribution in [0.15, 0.2) is 0 Å². The number of hydrogen-bond acceptors (Lipinski definition) is 12. The van der Waals surface area contributed by atoms with Crippen LogP contribution >= 0.6 is 19.6 Å². The van der Waals surface area contributed by atoms with Crippen LogP contribution < -0.4 is 10.6 Å². The molecule has 0 aromatic carbocycles. The minimum atomic E-state index is -3.83. The number of carbonyl (C=O) groups is 6. The smallest absolute Gasteiger partial charge is 0.469 e. The van der Waals surface area contributed by atoms with Gasteiger partial charge in [0.15, 0.2) is 11.2 Å². The van der Waals surface area contributed by atoms with Gasteiger partial charge in [-0.1, -0.05) is 25.6 Å². The van der Waals surface area contributed by atoms with Gasteiger partial charge in [0, 0.05) is 37.1 Å². The lowest BCUT2D eigenvalue weighted by molar-refractivity contribution is -0.142. The molecule has 0 aromatic heterocycles. The summed E-state index contributed by atoms with van der Waals surface area (Å²) in [6.45, 7) is 5.30. The van der Waals surface area contributed by atoms with Crippen LogP contribution in [-0.4, -0.2) is 79.7 Å². The van der Waals surface area contributed by atoms with Crippen molar-refractivity contribution in [2.45, 2.75) is 59.0 Å². The largest absolute Gasteiger partial charge is 0.475 e. The molecule has 2 N–H and O–H groups in total. The van der Waals surface area contributed by atoms with Gasteiger partial charge in [-0.25, -0.2) is 4.57 Å². The standard InChI is InChI=1S/C22H35N2O11PS/c1-5-33-36(31)34-14-22(2,3)20(35-36)21(30)24-9-8-17(27)23-10-11-37-19(29)13-16(26)12-15(25)6-7-18(28)32-4/h20H,5-14H2,1-4H3,(H,23,27)(H,24,30)/t20-,36?/m0/s1. The first kappa shape index (κ1) is 32.9. The Morgan fingerprint density at radius 1 is 1.00 bits per heavy atom. The van der Waals surface area contributed by atoms with Crippen molar-refractivity contribution < 1.29 is 51.6 Å². The molecule has 1 saturated heterocycles. The maximum atomic E-state index is 12.5. The number of carbonyl (C=O) groups excluding carboxylic acids is 6. The summed E-state index contributed by atoms with van der Waals surface area (Å²) in [5.41, 5.74) is -0.765. The maximum absolute atomic E-state index is 12.5. The Hall–Kier alpha value is -2.12. The molecule has 1 aliphatic rings. The number of esters is 1. The third-order valence-electron chi connectivity index (χ3n) is 4.97. The second-order valence-electron chi connectivity index (χ2n) is 8.73. The zero-order valence-corrected chi connectivity index (χ0v) is 23.2. The summed E-state index contributed by atoms with van der Waals surface area (Å²) < 4.78 is 32.3. The van der Waals surface area contributed by atoms with Gasteiger partial charge >= 0.3 is 13.8 Å². The number of hydrogen-bond donors (Lipinski definition) is 2. The number of methoxy groups -OCH3 is 1. The van der Waals surface area contributed by atoms with E-state index in [0.29, 0.717) is 0 Å². The van der Waals surface area contributed by atoms with E-state index in [0.717, 1.165) is 11.8 Å². The number of rotatable bonds is 16. The topological polar surface area (TPSA) is 180 Å². The third-order valence-corrected chi connectivity index (χ3v) is 7.34. The first-order valence-corrected chi connectivity index (χ1v) is 14.1. The molecule has 1 heterocycles. The third kappa shape index (κ3) is 12.8. The molecular formula is C22H35N2O11PS. The van der Waals surface area contributed by atoms with Gasteiger partial charge in [-0.2, -0.15) is 0 Å².